The Kier molecular flexibility index (Phi) is 4.61. The summed E-state index contributed by atoms with van der Waals surface area (Å²) >= 11 is 0. The van der Waals surface area contributed by atoms with Crippen LogP contribution < -0.4 is 5.32 Å². The molecule has 24 heavy (non-hydrogen) atoms. The van der Waals surface area contributed by atoms with Crippen LogP contribution in [-0.4, -0.2) is 45.5 Å². The zero-order valence-corrected chi connectivity index (χ0v) is 13.1. The second kappa shape index (κ2) is 6.84. The molecule has 0 saturated carbocycles. The Bertz CT molecular complexity index is 720. The highest BCUT2D eigenvalue weighted by molar-refractivity contribution is 5.97. The third-order valence-electron chi connectivity index (χ3n) is 4.19. The molecular weight excluding hydrogens is 310 g/mol. The molecule has 1 amide bonds. The van der Waals surface area contributed by atoms with Crippen LogP contribution in [0.25, 0.3) is 0 Å². The van der Waals surface area contributed by atoms with Crippen molar-refractivity contribution >= 4 is 11.9 Å². The number of amides is 1. The molecule has 7 nitrogen and oxygen atoms in total. The number of benzene rings is 1. The number of carbonyl (C=O) groups is 2. The van der Waals surface area contributed by atoms with Gasteiger partial charge >= 0.3 is 5.97 Å². The summed E-state index contributed by atoms with van der Waals surface area (Å²) in [6.07, 6.45) is 3.59. The molecule has 0 aliphatic carbocycles. The van der Waals surface area contributed by atoms with Crippen molar-refractivity contribution in [1.29, 1.82) is 0 Å². The van der Waals surface area contributed by atoms with Crippen LogP contribution >= 0.6 is 0 Å². The Labute approximate surface area is 139 Å². The second-order valence-electron chi connectivity index (χ2n) is 5.87. The minimum absolute atomic E-state index is 0.256. The Hall–Kier alpha value is -2.67. The van der Waals surface area contributed by atoms with Crippen molar-refractivity contribution in [3.63, 3.8) is 0 Å². The van der Waals surface area contributed by atoms with Gasteiger partial charge < -0.3 is 15.2 Å². The molecule has 0 atom stereocenters. The van der Waals surface area contributed by atoms with Gasteiger partial charge in [0.2, 0.25) is 0 Å². The van der Waals surface area contributed by atoms with Crippen LogP contribution in [0.2, 0.25) is 0 Å². The summed E-state index contributed by atoms with van der Waals surface area (Å²) in [6.45, 7) is 1.19. The van der Waals surface area contributed by atoms with Gasteiger partial charge in [0, 0.05) is 32.3 Å². The fourth-order valence-electron chi connectivity index (χ4n) is 2.74. The van der Waals surface area contributed by atoms with Crippen LogP contribution in [0.5, 0.6) is 0 Å². The number of carboxylic acids is 1. The first-order chi connectivity index (χ1) is 11.6. The lowest BCUT2D eigenvalue weighted by molar-refractivity contribution is -0.148. The summed E-state index contributed by atoms with van der Waals surface area (Å²) in [6, 6.07) is 9.76. The number of carboxylic acid groups (broad SMARTS) is 1. The summed E-state index contributed by atoms with van der Waals surface area (Å²) in [5, 5.41) is 16.3. The van der Waals surface area contributed by atoms with Gasteiger partial charge in [0.05, 0.1) is 18.3 Å². The molecule has 1 saturated heterocycles. The molecule has 0 radical (unpaired) electrons. The van der Waals surface area contributed by atoms with Gasteiger partial charge in [-0.1, -0.05) is 30.3 Å². The first-order valence-electron chi connectivity index (χ1n) is 7.79. The molecule has 1 aliphatic heterocycles. The van der Waals surface area contributed by atoms with Crippen molar-refractivity contribution < 1.29 is 19.4 Å². The van der Waals surface area contributed by atoms with Gasteiger partial charge in [-0.3, -0.25) is 9.48 Å². The third kappa shape index (κ3) is 3.46. The molecule has 1 fully saturated rings. The fourth-order valence-corrected chi connectivity index (χ4v) is 2.74. The third-order valence-corrected chi connectivity index (χ3v) is 4.19. The number of ether oxygens (including phenoxy) is 1. The van der Waals surface area contributed by atoms with Gasteiger partial charge in [0.1, 0.15) is 5.54 Å². The SMILES string of the molecule is O=C(NC1(C(=O)O)CCOCC1)c1cnn(Cc2ccccc2)c1. The van der Waals surface area contributed by atoms with Crippen LogP contribution in [0.4, 0.5) is 0 Å². The van der Waals surface area contributed by atoms with Gasteiger partial charge in [-0.05, 0) is 5.56 Å². The van der Waals surface area contributed by atoms with Crippen molar-refractivity contribution in [3.05, 3.63) is 53.9 Å². The minimum atomic E-state index is -1.27. The lowest BCUT2D eigenvalue weighted by Crippen LogP contribution is -2.57. The molecule has 1 aromatic carbocycles. The van der Waals surface area contributed by atoms with Gasteiger partial charge in [-0.2, -0.15) is 5.10 Å². The Morgan fingerprint density at radius 1 is 1.25 bits per heavy atom. The molecule has 2 aromatic rings. The van der Waals surface area contributed by atoms with E-state index in [0.29, 0.717) is 25.3 Å². The number of hydrogen-bond donors (Lipinski definition) is 2. The standard InChI is InChI=1S/C17H19N3O4/c21-15(19-17(16(22)23)6-8-24-9-7-17)14-10-18-20(12-14)11-13-4-2-1-3-5-13/h1-5,10,12H,6-9,11H2,(H,19,21)(H,22,23). The summed E-state index contributed by atoms with van der Waals surface area (Å²) in [5.74, 6) is -1.46. The van der Waals surface area contributed by atoms with E-state index in [1.54, 1.807) is 10.9 Å². The predicted molar refractivity (Wildman–Crippen MR) is 85.7 cm³/mol. The maximum Gasteiger partial charge on any atom is 0.329 e. The Balaban J connectivity index is 1.70. The molecule has 0 unspecified atom stereocenters. The molecular formula is C17H19N3O4. The monoisotopic (exact) mass is 329 g/mol. The van der Waals surface area contributed by atoms with E-state index in [-0.39, 0.29) is 12.8 Å². The lowest BCUT2D eigenvalue weighted by atomic mass is 9.90. The Morgan fingerprint density at radius 2 is 1.96 bits per heavy atom. The van der Waals surface area contributed by atoms with Crippen LogP contribution in [-0.2, 0) is 16.1 Å². The number of nitrogens with zero attached hydrogens (tertiary/aromatic N) is 2. The van der Waals surface area contributed by atoms with Gasteiger partial charge in [-0.15, -0.1) is 0 Å². The van der Waals surface area contributed by atoms with E-state index in [0.717, 1.165) is 5.56 Å². The molecule has 3 rings (SSSR count). The average molecular weight is 329 g/mol. The van der Waals surface area contributed by atoms with E-state index in [9.17, 15) is 14.7 Å². The topological polar surface area (TPSA) is 93.5 Å². The normalized spacial score (nSPS) is 16.5. The number of aromatic nitrogens is 2. The van der Waals surface area contributed by atoms with Gasteiger partial charge in [0.15, 0.2) is 0 Å². The molecule has 126 valence electrons. The van der Waals surface area contributed by atoms with Crippen LogP contribution in [0.3, 0.4) is 0 Å². The van der Waals surface area contributed by atoms with Crippen molar-refractivity contribution in [2.75, 3.05) is 13.2 Å². The van der Waals surface area contributed by atoms with Crippen LogP contribution in [0, 0.1) is 0 Å². The maximum atomic E-state index is 12.4. The predicted octanol–water partition coefficient (Wildman–Crippen LogP) is 1.29. The number of aliphatic carboxylic acids is 1. The number of hydrogen-bond acceptors (Lipinski definition) is 4. The van der Waals surface area contributed by atoms with E-state index in [2.05, 4.69) is 10.4 Å². The number of carbonyl (C=O) groups excluding carboxylic acids is 1. The van der Waals surface area contributed by atoms with E-state index in [4.69, 9.17) is 4.74 Å². The minimum Gasteiger partial charge on any atom is -0.480 e. The van der Waals surface area contributed by atoms with Crippen LogP contribution in [0.15, 0.2) is 42.7 Å². The average Bonchev–Trinajstić information content (AvgIpc) is 3.05. The molecule has 1 aliphatic rings. The fraction of sp³-hybridized carbons (Fsp3) is 0.353. The summed E-state index contributed by atoms with van der Waals surface area (Å²) in [7, 11) is 0. The lowest BCUT2D eigenvalue weighted by Gasteiger charge is -2.33. The highest BCUT2D eigenvalue weighted by Gasteiger charge is 2.41. The van der Waals surface area contributed by atoms with Gasteiger partial charge in [-0.25, -0.2) is 4.79 Å². The first-order valence-corrected chi connectivity index (χ1v) is 7.79. The number of nitrogens with one attached hydrogen (secondary N) is 1. The second-order valence-corrected chi connectivity index (χ2v) is 5.87. The molecule has 0 spiro atoms. The molecule has 0 bridgehead atoms. The zero-order chi connectivity index (χ0) is 17.0. The smallest absolute Gasteiger partial charge is 0.329 e. The van der Waals surface area contributed by atoms with Crippen LogP contribution in [0.1, 0.15) is 28.8 Å². The first kappa shape index (κ1) is 16.2. The van der Waals surface area contributed by atoms with Crippen molar-refractivity contribution in [1.82, 2.24) is 15.1 Å². The Morgan fingerprint density at radius 3 is 2.62 bits per heavy atom. The highest BCUT2D eigenvalue weighted by Crippen LogP contribution is 2.21. The zero-order valence-electron chi connectivity index (χ0n) is 13.1. The number of rotatable bonds is 5. The summed E-state index contributed by atoms with van der Waals surface area (Å²) in [5.41, 5.74) is 0.147. The van der Waals surface area contributed by atoms with Crippen molar-refractivity contribution in [3.8, 4) is 0 Å². The largest absolute Gasteiger partial charge is 0.480 e. The van der Waals surface area contributed by atoms with E-state index in [1.807, 2.05) is 30.3 Å². The highest BCUT2D eigenvalue weighted by atomic mass is 16.5. The van der Waals surface area contributed by atoms with Crippen molar-refractivity contribution in [2.45, 2.75) is 24.9 Å². The summed E-state index contributed by atoms with van der Waals surface area (Å²) < 4.78 is 6.86. The van der Waals surface area contributed by atoms with Crippen molar-refractivity contribution in [2.24, 2.45) is 0 Å². The summed E-state index contributed by atoms with van der Waals surface area (Å²) in [4.78, 5) is 24.0. The molecule has 2 N–H and O–H groups in total. The molecule has 7 heteroatoms. The molecule has 2 heterocycles. The van der Waals surface area contributed by atoms with E-state index >= 15 is 0 Å². The molecule has 1 aromatic heterocycles. The quantitative estimate of drug-likeness (QED) is 0.862. The maximum absolute atomic E-state index is 12.4. The van der Waals surface area contributed by atoms with E-state index < -0.39 is 17.4 Å². The van der Waals surface area contributed by atoms with Gasteiger partial charge in [0.25, 0.3) is 5.91 Å². The van der Waals surface area contributed by atoms with E-state index in [1.165, 1.54) is 6.20 Å².